The number of ether oxygens (including phenoxy) is 2. The number of halogens is 3. The number of carbonyl (C=O) groups is 1. The van der Waals surface area contributed by atoms with Crippen molar-refractivity contribution in [2.24, 2.45) is 0 Å². The summed E-state index contributed by atoms with van der Waals surface area (Å²) in [5.41, 5.74) is 1.38. The molecule has 0 unspecified atom stereocenters. The predicted molar refractivity (Wildman–Crippen MR) is 111 cm³/mol. The maximum absolute atomic E-state index is 12.5. The van der Waals surface area contributed by atoms with Gasteiger partial charge in [-0.25, -0.2) is 0 Å². The molecule has 2 aromatic rings. The van der Waals surface area contributed by atoms with Crippen molar-refractivity contribution in [2.45, 2.75) is 19.3 Å². The molecule has 9 heteroatoms. The number of amides is 1. The third-order valence-corrected chi connectivity index (χ3v) is 5.07. The summed E-state index contributed by atoms with van der Waals surface area (Å²) in [7, 11) is 1.63. The lowest BCUT2D eigenvalue weighted by Gasteiger charge is -2.23. The second-order valence-corrected chi connectivity index (χ2v) is 7.25. The molecule has 1 aliphatic rings. The number of hydrogen-bond acceptors (Lipinski definition) is 5. The molecular formula is C22H26F3N3O3. The maximum Gasteiger partial charge on any atom is 0.573 e. The van der Waals surface area contributed by atoms with Crippen LogP contribution in [0, 0.1) is 0 Å². The molecule has 31 heavy (non-hydrogen) atoms. The van der Waals surface area contributed by atoms with Gasteiger partial charge in [-0.05, 0) is 36.8 Å². The molecule has 0 saturated carbocycles. The zero-order chi connectivity index (χ0) is 22.3. The number of nitrogens with one attached hydrogen (secondary N) is 1. The summed E-state index contributed by atoms with van der Waals surface area (Å²) in [6.45, 7) is 3.31. The van der Waals surface area contributed by atoms with Crippen LogP contribution in [0.4, 0.5) is 18.9 Å². The van der Waals surface area contributed by atoms with Gasteiger partial charge in [0, 0.05) is 44.0 Å². The monoisotopic (exact) mass is 437 g/mol. The first-order valence-corrected chi connectivity index (χ1v) is 10.1. The van der Waals surface area contributed by atoms with E-state index in [4.69, 9.17) is 4.74 Å². The fraction of sp³-hybridized carbons (Fsp3) is 0.409. The summed E-state index contributed by atoms with van der Waals surface area (Å²) < 4.78 is 46.8. The third-order valence-electron chi connectivity index (χ3n) is 5.07. The molecule has 0 spiro atoms. The van der Waals surface area contributed by atoms with Gasteiger partial charge in [-0.2, -0.15) is 0 Å². The molecule has 0 radical (unpaired) electrons. The van der Waals surface area contributed by atoms with Crippen molar-refractivity contribution >= 4 is 11.6 Å². The highest BCUT2D eigenvalue weighted by atomic mass is 19.4. The zero-order valence-corrected chi connectivity index (χ0v) is 17.3. The van der Waals surface area contributed by atoms with Gasteiger partial charge in [0.05, 0.1) is 13.7 Å². The number of hydrogen-bond donors (Lipinski definition) is 1. The van der Waals surface area contributed by atoms with Gasteiger partial charge in [0.2, 0.25) is 5.91 Å². The summed E-state index contributed by atoms with van der Waals surface area (Å²) in [6.07, 6.45) is -3.87. The standard InChI is InChI=1S/C22H26F3N3O3/c1-30-19-9-7-18(8-10-19)28-12-4-11-27(13-14-28)16-21(29)26-15-17-5-2-3-6-20(17)31-22(23,24)25/h2-3,5-10H,4,11-16H2,1H3,(H,26,29). The van der Waals surface area contributed by atoms with Crippen molar-refractivity contribution in [3.05, 3.63) is 54.1 Å². The molecule has 1 saturated heterocycles. The molecule has 1 N–H and O–H groups in total. The number of anilines is 1. The Kier molecular flexibility index (Phi) is 7.62. The number of carbonyl (C=O) groups excluding carboxylic acids is 1. The van der Waals surface area contributed by atoms with Crippen LogP contribution in [0.5, 0.6) is 11.5 Å². The van der Waals surface area contributed by atoms with E-state index in [0.29, 0.717) is 6.54 Å². The Morgan fingerprint density at radius 3 is 2.48 bits per heavy atom. The van der Waals surface area contributed by atoms with Crippen LogP contribution in [0.2, 0.25) is 0 Å². The minimum Gasteiger partial charge on any atom is -0.497 e. The number of alkyl halides is 3. The number of nitrogens with zero attached hydrogens (tertiary/aromatic N) is 2. The van der Waals surface area contributed by atoms with Gasteiger partial charge in [-0.3, -0.25) is 9.69 Å². The van der Waals surface area contributed by atoms with Crippen molar-refractivity contribution in [1.29, 1.82) is 0 Å². The van der Waals surface area contributed by atoms with E-state index in [1.165, 1.54) is 18.2 Å². The molecule has 0 bridgehead atoms. The lowest BCUT2D eigenvalue weighted by molar-refractivity contribution is -0.274. The first-order chi connectivity index (χ1) is 14.8. The van der Waals surface area contributed by atoms with Crippen LogP contribution in [0.3, 0.4) is 0 Å². The Morgan fingerprint density at radius 2 is 1.77 bits per heavy atom. The Bertz CT molecular complexity index is 859. The van der Waals surface area contributed by atoms with Gasteiger partial charge in [-0.1, -0.05) is 18.2 Å². The number of benzene rings is 2. The van der Waals surface area contributed by atoms with E-state index in [-0.39, 0.29) is 30.3 Å². The SMILES string of the molecule is COc1ccc(N2CCCN(CC(=O)NCc3ccccc3OC(F)(F)F)CC2)cc1. The number of methoxy groups -OCH3 is 1. The number of para-hydroxylation sites is 1. The summed E-state index contributed by atoms with van der Waals surface area (Å²) in [4.78, 5) is 16.7. The molecule has 1 heterocycles. The fourth-order valence-corrected chi connectivity index (χ4v) is 3.51. The number of rotatable bonds is 7. The average molecular weight is 437 g/mol. The lowest BCUT2D eigenvalue weighted by Crippen LogP contribution is -2.39. The molecule has 0 aromatic heterocycles. The quantitative estimate of drug-likeness (QED) is 0.720. The topological polar surface area (TPSA) is 54.0 Å². The first kappa shape index (κ1) is 22.7. The summed E-state index contributed by atoms with van der Waals surface area (Å²) in [6, 6.07) is 13.7. The first-order valence-electron chi connectivity index (χ1n) is 10.1. The van der Waals surface area contributed by atoms with Crippen LogP contribution >= 0.6 is 0 Å². The van der Waals surface area contributed by atoms with Crippen molar-refractivity contribution in [1.82, 2.24) is 10.2 Å². The van der Waals surface area contributed by atoms with E-state index in [1.807, 2.05) is 24.3 Å². The highest BCUT2D eigenvalue weighted by Crippen LogP contribution is 2.26. The molecule has 3 rings (SSSR count). The molecule has 168 valence electrons. The largest absolute Gasteiger partial charge is 0.573 e. The van der Waals surface area contributed by atoms with Crippen LogP contribution < -0.4 is 19.7 Å². The second kappa shape index (κ2) is 10.4. The van der Waals surface area contributed by atoms with Gasteiger partial charge in [0.25, 0.3) is 0 Å². The summed E-state index contributed by atoms with van der Waals surface area (Å²) in [5, 5.41) is 2.69. The van der Waals surface area contributed by atoms with Crippen LogP contribution in [-0.4, -0.2) is 57.0 Å². The highest BCUT2D eigenvalue weighted by molar-refractivity contribution is 5.78. The van der Waals surface area contributed by atoms with Crippen LogP contribution in [0.1, 0.15) is 12.0 Å². The molecule has 1 aliphatic heterocycles. The van der Waals surface area contributed by atoms with Crippen LogP contribution in [0.25, 0.3) is 0 Å². The molecule has 2 aromatic carbocycles. The van der Waals surface area contributed by atoms with Crippen molar-refractivity contribution in [3.8, 4) is 11.5 Å². The predicted octanol–water partition coefficient (Wildman–Crippen LogP) is 3.42. The second-order valence-electron chi connectivity index (χ2n) is 7.25. The molecular weight excluding hydrogens is 411 g/mol. The fourth-order valence-electron chi connectivity index (χ4n) is 3.51. The molecule has 0 atom stereocenters. The van der Waals surface area contributed by atoms with Gasteiger partial charge in [-0.15, -0.1) is 13.2 Å². The van der Waals surface area contributed by atoms with E-state index in [9.17, 15) is 18.0 Å². The van der Waals surface area contributed by atoms with E-state index < -0.39 is 6.36 Å². The van der Waals surface area contributed by atoms with Gasteiger partial charge in [0.1, 0.15) is 11.5 Å². The van der Waals surface area contributed by atoms with Gasteiger partial charge in [0.15, 0.2) is 0 Å². The van der Waals surface area contributed by atoms with Crippen LogP contribution in [0.15, 0.2) is 48.5 Å². The minimum atomic E-state index is -4.78. The van der Waals surface area contributed by atoms with E-state index >= 15 is 0 Å². The normalized spacial score (nSPS) is 15.3. The average Bonchev–Trinajstić information content (AvgIpc) is 2.98. The highest BCUT2D eigenvalue weighted by Gasteiger charge is 2.32. The zero-order valence-electron chi connectivity index (χ0n) is 17.3. The lowest BCUT2D eigenvalue weighted by atomic mass is 10.2. The van der Waals surface area contributed by atoms with Crippen molar-refractivity contribution in [2.75, 3.05) is 44.7 Å². The third kappa shape index (κ3) is 7.06. The molecule has 1 amide bonds. The minimum absolute atomic E-state index is 0.0309. The Hall–Kier alpha value is -2.94. The molecule has 0 aliphatic carbocycles. The molecule has 1 fully saturated rings. The Labute approximate surface area is 179 Å². The Morgan fingerprint density at radius 1 is 1.03 bits per heavy atom. The van der Waals surface area contributed by atoms with Crippen LogP contribution in [-0.2, 0) is 11.3 Å². The van der Waals surface area contributed by atoms with E-state index in [2.05, 4.69) is 19.9 Å². The maximum atomic E-state index is 12.5. The molecule has 6 nitrogen and oxygen atoms in total. The van der Waals surface area contributed by atoms with E-state index in [1.54, 1.807) is 13.2 Å². The van der Waals surface area contributed by atoms with Gasteiger partial charge < -0.3 is 19.7 Å². The van der Waals surface area contributed by atoms with E-state index in [0.717, 1.165) is 37.5 Å². The van der Waals surface area contributed by atoms with Crippen molar-refractivity contribution in [3.63, 3.8) is 0 Å². The van der Waals surface area contributed by atoms with Crippen molar-refractivity contribution < 1.29 is 27.4 Å². The Balaban J connectivity index is 1.49. The summed E-state index contributed by atoms with van der Waals surface area (Å²) >= 11 is 0. The summed E-state index contributed by atoms with van der Waals surface area (Å²) in [5.74, 6) is 0.263. The van der Waals surface area contributed by atoms with Gasteiger partial charge >= 0.3 is 6.36 Å². The smallest absolute Gasteiger partial charge is 0.497 e.